The van der Waals surface area contributed by atoms with Gasteiger partial charge in [-0.2, -0.15) is 0 Å². The molecule has 2 rings (SSSR count). The molecule has 0 radical (unpaired) electrons. The highest BCUT2D eigenvalue weighted by Crippen LogP contribution is 2.22. The summed E-state index contributed by atoms with van der Waals surface area (Å²) >= 11 is 5.90. The fraction of sp³-hybridized carbons (Fsp3) is 0.0769. The van der Waals surface area contributed by atoms with E-state index in [0.29, 0.717) is 16.4 Å². The molecule has 1 aromatic heterocycles. The number of nitrogens with zero attached hydrogens (tertiary/aromatic N) is 1. The summed E-state index contributed by atoms with van der Waals surface area (Å²) in [5, 5.41) is 12.1. The molecule has 0 spiro atoms. The van der Waals surface area contributed by atoms with Crippen molar-refractivity contribution in [3.05, 3.63) is 58.6 Å². The molecule has 0 unspecified atom stereocenters. The maximum absolute atomic E-state index is 13.1. The van der Waals surface area contributed by atoms with Gasteiger partial charge in [-0.15, -0.1) is 0 Å². The Bertz CT molecular complexity index is 619. The summed E-state index contributed by atoms with van der Waals surface area (Å²) < 4.78 is 13.1. The Balaban J connectivity index is 2.12. The van der Waals surface area contributed by atoms with E-state index in [1.807, 2.05) is 0 Å². The van der Waals surface area contributed by atoms with Crippen LogP contribution in [0.4, 0.5) is 10.1 Å². The number of carboxylic acids is 1. The third kappa shape index (κ3) is 3.42. The van der Waals surface area contributed by atoms with Crippen LogP contribution >= 0.6 is 11.6 Å². The molecule has 0 atom stereocenters. The molecule has 6 heteroatoms. The molecule has 4 nitrogen and oxygen atoms in total. The average Bonchev–Trinajstić information content (AvgIpc) is 2.40. The first-order chi connectivity index (χ1) is 9.06. The van der Waals surface area contributed by atoms with E-state index in [1.54, 1.807) is 12.1 Å². The number of carboxylic acid groups (broad SMARTS) is 1. The summed E-state index contributed by atoms with van der Waals surface area (Å²) in [7, 11) is 0. The van der Waals surface area contributed by atoms with Gasteiger partial charge in [0.2, 0.25) is 0 Å². The molecule has 0 saturated heterocycles. The lowest BCUT2D eigenvalue weighted by atomic mass is 10.2. The maximum atomic E-state index is 13.1. The average molecular weight is 281 g/mol. The fourth-order valence-electron chi connectivity index (χ4n) is 1.52. The van der Waals surface area contributed by atoms with Gasteiger partial charge in [0.15, 0.2) is 0 Å². The lowest BCUT2D eigenvalue weighted by Gasteiger charge is -2.08. The Hall–Kier alpha value is -2.14. The van der Waals surface area contributed by atoms with Gasteiger partial charge in [0.05, 0.1) is 22.9 Å². The quantitative estimate of drug-likeness (QED) is 0.903. The van der Waals surface area contributed by atoms with Crippen LogP contribution in [0.25, 0.3) is 0 Å². The summed E-state index contributed by atoms with van der Waals surface area (Å²) in [4.78, 5) is 14.7. The van der Waals surface area contributed by atoms with Gasteiger partial charge >= 0.3 is 5.97 Å². The highest BCUT2D eigenvalue weighted by molar-refractivity contribution is 6.33. The predicted molar refractivity (Wildman–Crippen MR) is 69.9 cm³/mol. The normalized spacial score (nSPS) is 10.2. The first kappa shape index (κ1) is 13.3. The molecular formula is C13H10ClFN2O2. The lowest BCUT2D eigenvalue weighted by Crippen LogP contribution is -2.06. The maximum Gasteiger partial charge on any atom is 0.354 e. The van der Waals surface area contributed by atoms with Gasteiger partial charge in [0.25, 0.3) is 0 Å². The van der Waals surface area contributed by atoms with Crippen molar-refractivity contribution in [1.82, 2.24) is 4.98 Å². The summed E-state index contributed by atoms with van der Waals surface area (Å²) in [6, 6.07) is 8.65. The Labute approximate surface area is 113 Å². The number of benzene rings is 1. The second kappa shape index (κ2) is 5.67. The van der Waals surface area contributed by atoms with Gasteiger partial charge in [-0.25, -0.2) is 14.2 Å². The Morgan fingerprint density at radius 3 is 2.89 bits per heavy atom. The number of pyridine rings is 1. The molecule has 98 valence electrons. The molecule has 2 N–H and O–H groups in total. The number of hydrogen-bond acceptors (Lipinski definition) is 3. The van der Waals surface area contributed by atoms with Crippen molar-refractivity contribution in [3.63, 3.8) is 0 Å². The topological polar surface area (TPSA) is 62.2 Å². The van der Waals surface area contributed by atoms with Crippen molar-refractivity contribution < 1.29 is 14.3 Å². The van der Waals surface area contributed by atoms with Crippen LogP contribution in [0.3, 0.4) is 0 Å². The second-order valence-electron chi connectivity index (χ2n) is 3.80. The molecule has 0 fully saturated rings. The summed E-state index contributed by atoms with van der Waals surface area (Å²) in [6.07, 6.45) is 0. The molecule has 1 aromatic carbocycles. The van der Waals surface area contributed by atoms with Gasteiger partial charge in [-0.3, -0.25) is 0 Å². The van der Waals surface area contributed by atoms with Crippen molar-refractivity contribution in [2.75, 3.05) is 5.32 Å². The molecule has 2 aromatic rings. The van der Waals surface area contributed by atoms with Crippen LogP contribution in [0, 0.1) is 5.82 Å². The van der Waals surface area contributed by atoms with E-state index >= 15 is 0 Å². The summed E-state index contributed by atoms with van der Waals surface area (Å²) in [6.45, 7) is 0.254. The van der Waals surface area contributed by atoms with Crippen molar-refractivity contribution in [1.29, 1.82) is 0 Å². The SMILES string of the molecule is O=C(O)c1cccc(CNc2cc(F)ccc2Cl)n1. The zero-order chi connectivity index (χ0) is 13.8. The molecule has 0 bridgehead atoms. The van der Waals surface area contributed by atoms with E-state index in [0.717, 1.165) is 0 Å². The number of aromatic carboxylic acids is 1. The molecule has 0 aliphatic rings. The van der Waals surface area contributed by atoms with E-state index in [2.05, 4.69) is 10.3 Å². The lowest BCUT2D eigenvalue weighted by molar-refractivity contribution is 0.0690. The number of halogens is 2. The van der Waals surface area contributed by atoms with E-state index in [4.69, 9.17) is 16.7 Å². The molecular weight excluding hydrogens is 271 g/mol. The van der Waals surface area contributed by atoms with Crippen LogP contribution in [0.15, 0.2) is 36.4 Å². The smallest absolute Gasteiger partial charge is 0.354 e. The minimum Gasteiger partial charge on any atom is -0.477 e. The monoisotopic (exact) mass is 280 g/mol. The van der Waals surface area contributed by atoms with Crippen LogP contribution in [0.1, 0.15) is 16.2 Å². The van der Waals surface area contributed by atoms with Crippen LogP contribution in [0.2, 0.25) is 5.02 Å². The number of aromatic nitrogens is 1. The molecule has 0 saturated carbocycles. The number of hydrogen-bond donors (Lipinski definition) is 2. The fourth-order valence-corrected chi connectivity index (χ4v) is 1.70. The third-order valence-corrected chi connectivity index (χ3v) is 2.74. The molecule has 19 heavy (non-hydrogen) atoms. The second-order valence-corrected chi connectivity index (χ2v) is 4.20. The Kier molecular flexibility index (Phi) is 3.97. The summed E-state index contributed by atoms with van der Waals surface area (Å²) in [5.41, 5.74) is 0.925. The summed E-state index contributed by atoms with van der Waals surface area (Å²) in [5.74, 6) is -1.50. The van der Waals surface area contributed by atoms with E-state index in [-0.39, 0.29) is 12.2 Å². The van der Waals surface area contributed by atoms with Crippen LogP contribution in [-0.2, 0) is 6.54 Å². The van der Waals surface area contributed by atoms with Gasteiger partial charge in [-0.05, 0) is 30.3 Å². The number of carbonyl (C=O) groups is 1. The van der Waals surface area contributed by atoms with Crippen LogP contribution < -0.4 is 5.32 Å². The van der Waals surface area contributed by atoms with Crippen molar-refractivity contribution in [2.24, 2.45) is 0 Å². The standard InChI is InChI=1S/C13H10ClFN2O2/c14-10-5-4-8(15)6-12(10)16-7-9-2-1-3-11(17-9)13(18)19/h1-6,16H,7H2,(H,18,19). The van der Waals surface area contributed by atoms with Crippen molar-refractivity contribution in [3.8, 4) is 0 Å². The third-order valence-electron chi connectivity index (χ3n) is 2.41. The highest BCUT2D eigenvalue weighted by atomic mass is 35.5. The van der Waals surface area contributed by atoms with E-state index in [1.165, 1.54) is 24.3 Å². The Morgan fingerprint density at radius 1 is 1.37 bits per heavy atom. The highest BCUT2D eigenvalue weighted by Gasteiger charge is 2.06. The zero-order valence-corrected chi connectivity index (χ0v) is 10.5. The number of rotatable bonds is 4. The van der Waals surface area contributed by atoms with Gasteiger partial charge < -0.3 is 10.4 Å². The molecule has 1 heterocycles. The predicted octanol–water partition coefficient (Wildman–Crippen LogP) is 3.18. The molecule has 0 aliphatic carbocycles. The first-order valence-corrected chi connectivity index (χ1v) is 5.82. The zero-order valence-electron chi connectivity index (χ0n) is 9.73. The number of nitrogens with one attached hydrogen (secondary N) is 1. The van der Waals surface area contributed by atoms with Gasteiger partial charge in [0.1, 0.15) is 11.5 Å². The van der Waals surface area contributed by atoms with E-state index < -0.39 is 11.8 Å². The largest absolute Gasteiger partial charge is 0.477 e. The Morgan fingerprint density at radius 2 is 2.16 bits per heavy atom. The number of anilines is 1. The minimum atomic E-state index is -1.09. The molecule has 0 aliphatic heterocycles. The minimum absolute atomic E-state index is 0.0374. The van der Waals surface area contributed by atoms with Crippen LogP contribution in [-0.4, -0.2) is 16.1 Å². The van der Waals surface area contributed by atoms with E-state index in [9.17, 15) is 9.18 Å². The molecule has 0 amide bonds. The van der Waals surface area contributed by atoms with Gasteiger partial charge in [-0.1, -0.05) is 17.7 Å². The van der Waals surface area contributed by atoms with Gasteiger partial charge in [0, 0.05) is 0 Å². The van der Waals surface area contributed by atoms with Crippen molar-refractivity contribution >= 4 is 23.3 Å². The first-order valence-electron chi connectivity index (χ1n) is 5.44. The van der Waals surface area contributed by atoms with Crippen LogP contribution in [0.5, 0.6) is 0 Å². The van der Waals surface area contributed by atoms with Crippen molar-refractivity contribution in [2.45, 2.75) is 6.54 Å².